The van der Waals surface area contributed by atoms with Gasteiger partial charge in [0, 0.05) is 54.8 Å². The topological polar surface area (TPSA) is 109 Å². The lowest BCUT2D eigenvalue weighted by Crippen LogP contribution is -2.56. The molecule has 4 aliphatic heterocycles. The van der Waals surface area contributed by atoms with Gasteiger partial charge in [0.2, 0.25) is 11.8 Å². The van der Waals surface area contributed by atoms with Crippen molar-refractivity contribution in [1.29, 1.82) is 10.5 Å². The van der Waals surface area contributed by atoms with Gasteiger partial charge >= 0.3 is 0 Å². The number of hydrogen-bond donors (Lipinski definition) is 0. The molecule has 6 aliphatic rings. The van der Waals surface area contributed by atoms with Gasteiger partial charge in [-0.15, -0.1) is 0 Å². The van der Waals surface area contributed by atoms with Crippen LogP contribution in [0.2, 0.25) is 0 Å². The van der Waals surface area contributed by atoms with Crippen molar-refractivity contribution < 1.29 is 13.9 Å². The fourth-order valence-electron chi connectivity index (χ4n) is 8.65. The van der Waals surface area contributed by atoms with Crippen LogP contribution in [0.5, 0.6) is 0 Å². The average Bonchev–Trinajstić information content (AvgIpc) is 3.67. The summed E-state index contributed by atoms with van der Waals surface area (Å²) in [5.41, 5.74) is 4.56. The van der Waals surface area contributed by atoms with Crippen molar-refractivity contribution in [3.63, 3.8) is 0 Å². The lowest BCUT2D eigenvalue weighted by Gasteiger charge is -2.45. The molecule has 1 aromatic rings. The summed E-state index contributed by atoms with van der Waals surface area (Å²) in [6.07, 6.45) is 16.9. The van der Waals surface area contributed by atoms with Crippen molar-refractivity contribution in [2.45, 2.75) is 75.4 Å². The van der Waals surface area contributed by atoms with Gasteiger partial charge in [0.15, 0.2) is 0 Å². The third kappa shape index (κ3) is 5.23. The minimum Gasteiger partial charge on any atom is -0.475 e. The van der Waals surface area contributed by atoms with Crippen LogP contribution in [-0.2, 0) is 22.4 Å². The van der Waals surface area contributed by atoms with E-state index in [1.807, 2.05) is 17.2 Å². The van der Waals surface area contributed by atoms with Gasteiger partial charge in [0.25, 0.3) is 0 Å². The summed E-state index contributed by atoms with van der Waals surface area (Å²) in [5, 5.41) is 20.2. The van der Waals surface area contributed by atoms with Crippen LogP contribution in [-0.4, -0.2) is 88.4 Å². The molecule has 0 bridgehead atoms. The number of aliphatic imine (C=N–C) groups is 1. The summed E-state index contributed by atoms with van der Waals surface area (Å²) in [6, 6.07) is 3.71. The highest BCUT2D eigenvalue weighted by molar-refractivity contribution is 6.00. The van der Waals surface area contributed by atoms with E-state index in [0.717, 1.165) is 75.6 Å². The third-order valence-electron chi connectivity index (χ3n) is 10.9. The van der Waals surface area contributed by atoms with E-state index in [2.05, 4.69) is 28.6 Å². The first kappa shape index (κ1) is 30.4. The molecule has 3 atom stereocenters. The molecule has 3 fully saturated rings. The van der Waals surface area contributed by atoms with Crippen LogP contribution >= 0.6 is 0 Å². The zero-order valence-corrected chi connectivity index (χ0v) is 26.3. The molecule has 0 aromatic carbocycles. The molecule has 0 spiro atoms. The monoisotopic (exact) mass is 621 g/mol. The molecule has 238 valence electrons. The average molecular weight is 622 g/mol. The first-order valence-corrected chi connectivity index (χ1v) is 16.7. The van der Waals surface area contributed by atoms with Crippen molar-refractivity contribution in [2.24, 2.45) is 10.9 Å². The Hall–Kier alpha value is -4.28. The molecular formula is C36H40FN7O2. The molecule has 7 rings (SSSR count). The summed E-state index contributed by atoms with van der Waals surface area (Å²) < 4.78 is 22.9. The number of dihydropyridines is 1. The molecule has 1 aromatic heterocycles. The number of amides is 1. The number of pyridine rings is 1. The lowest BCUT2D eigenvalue weighted by molar-refractivity contribution is -0.130. The van der Waals surface area contributed by atoms with Gasteiger partial charge in [0.1, 0.15) is 24.1 Å². The number of halogens is 1. The van der Waals surface area contributed by atoms with Crippen LogP contribution in [0, 0.1) is 28.6 Å². The second-order valence-corrected chi connectivity index (χ2v) is 13.4. The summed E-state index contributed by atoms with van der Waals surface area (Å²) in [7, 11) is 0. The van der Waals surface area contributed by atoms with Crippen molar-refractivity contribution in [1.82, 2.24) is 19.7 Å². The van der Waals surface area contributed by atoms with Crippen LogP contribution in [0.3, 0.4) is 0 Å². The summed E-state index contributed by atoms with van der Waals surface area (Å²) in [5.74, 6) is -0.811. The quantitative estimate of drug-likeness (QED) is 0.426. The standard InChI is InChI=1S/C36H40FN7O2/c1-2-33(45)44-16-15-42(22-25(44)9-12-38)34-28-17-31(37)27(30-21-40-20-24-7-3-4-8-26(24)30)18-32(28)41-35(29(34)19-39)46-23-36-10-5-13-43(36)14-6-11-36/h2,17-18,20-21,25,28,32H,1,3-11,13-16,22-23H2/t25-,28?,32?/m0/s1. The molecule has 1 amide bonds. The Kier molecular flexibility index (Phi) is 8.25. The number of aromatic nitrogens is 1. The van der Waals surface area contributed by atoms with Gasteiger partial charge in [-0.2, -0.15) is 10.5 Å². The molecule has 9 nitrogen and oxygen atoms in total. The highest BCUT2D eigenvalue weighted by Crippen LogP contribution is 2.44. The number of nitrogens with zero attached hydrogens (tertiary/aromatic N) is 7. The van der Waals surface area contributed by atoms with E-state index in [0.29, 0.717) is 49.0 Å². The maximum Gasteiger partial charge on any atom is 0.246 e. The fourth-order valence-corrected chi connectivity index (χ4v) is 8.65. The third-order valence-corrected chi connectivity index (χ3v) is 10.9. The Morgan fingerprint density at radius 3 is 2.67 bits per heavy atom. The zero-order valence-electron chi connectivity index (χ0n) is 26.3. The second kappa shape index (κ2) is 12.5. The number of allylic oxidation sites excluding steroid dienone is 2. The Labute approximate surface area is 270 Å². The fraction of sp³-hybridized carbons (Fsp3) is 0.528. The zero-order chi connectivity index (χ0) is 31.8. The first-order valence-electron chi connectivity index (χ1n) is 16.7. The van der Waals surface area contributed by atoms with Gasteiger partial charge in [0.05, 0.1) is 30.1 Å². The summed E-state index contributed by atoms with van der Waals surface area (Å²) in [6.45, 7) is 7.34. The number of fused-ring (bicyclic) bond motifs is 3. The van der Waals surface area contributed by atoms with Gasteiger partial charge in [-0.05, 0) is 93.8 Å². The predicted molar refractivity (Wildman–Crippen MR) is 172 cm³/mol. The number of hydrogen-bond acceptors (Lipinski definition) is 8. The Morgan fingerprint density at radius 2 is 1.91 bits per heavy atom. The van der Waals surface area contributed by atoms with E-state index in [9.17, 15) is 15.3 Å². The van der Waals surface area contributed by atoms with E-state index >= 15 is 4.39 Å². The molecule has 10 heteroatoms. The Balaban J connectivity index is 1.28. The lowest BCUT2D eigenvalue weighted by atomic mass is 9.80. The number of carbonyl (C=O) groups is 1. The molecule has 46 heavy (non-hydrogen) atoms. The minimum atomic E-state index is -0.532. The van der Waals surface area contributed by atoms with Gasteiger partial charge < -0.3 is 14.5 Å². The maximum atomic E-state index is 16.3. The van der Waals surface area contributed by atoms with Crippen LogP contribution in [0.25, 0.3) is 5.57 Å². The summed E-state index contributed by atoms with van der Waals surface area (Å²) in [4.78, 5) is 28.4. The number of aryl methyl sites for hydroxylation is 1. The van der Waals surface area contributed by atoms with Crippen molar-refractivity contribution in [3.8, 4) is 12.1 Å². The molecule has 5 heterocycles. The van der Waals surface area contributed by atoms with Crippen molar-refractivity contribution in [2.75, 3.05) is 39.3 Å². The number of piperazine rings is 1. The van der Waals surface area contributed by atoms with E-state index < -0.39 is 18.0 Å². The highest BCUT2D eigenvalue weighted by Gasteiger charge is 2.46. The van der Waals surface area contributed by atoms with Gasteiger partial charge in [-0.1, -0.05) is 6.58 Å². The van der Waals surface area contributed by atoms with Gasteiger partial charge in [-0.25, -0.2) is 9.38 Å². The highest BCUT2D eigenvalue weighted by atomic mass is 19.1. The van der Waals surface area contributed by atoms with Crippen LogP contribution < -0.4 is 0 Å². The van der Waals surface area contributed by atoms with Crippen LogP contribution in [0.1, 0.15) is 61.6 Å². The minimum absolute atomic E-state index is 0.0387. The molecule has 0 radical (unpaired) electrons. The Morgan fingerprint density at radius 1 is 1.11 bits per heavy atom. The SMILES string of the molecule is C=CC(=O)N1CCN(C2=C(C#N)C(OCC34CCCN3CCC4)=NC3C=C(c4cncc5c4CCCC5)C(F)=CC23)C[C@@H]1CC#N. The Bertz CT molecular complexity index is 1640. The molecular weight excluding hydrogens is 581 g/mol. The smallest absolute Gasteiger partial charge is 0.246 e. The molecule has 0 N–H and O–H groups in total. The van der Waals surface area contributed by atoms with E-state index in [1.54, 1.807) is 17.2 Å². The van der Waals surface area contributed by atoms with Crippen molar-refractivity contribution in [3.05, 3.63) is 71.0 Å². The molecule has 2 unspecified atom stereocenters. The van der Waals surface area contributed by atoms with E-state index in [4.69, 9.17) is 9.73 Å². The summed E-state index contributed by atoms with van der Waals surface area (Å²) >= 11 is 0. The largest absolute Gasteiger partial charge is 0.475 e. The molecule has 3 saturated heterocycles. The predicted octanol–water partition coefficient (Wildman–Crippen LogP) is 4.64. The number of rotatable bonds is 6. The molecule has 0 saturated carbocycles. The molecule has 2 aliphatic carbocycles. The number of carbonyl (C=O) groups excluding carboxylic acids is 1. The first-order chi connectivity index (χ1) is 22.5. The van der Waals surface area contributed by atoms with E-state index in [1.165, 1.54) is 11.6 Å². The second-order valence-electron chi connectivity index (χ2n) is 13.4. The maximum absolute atomic E-state index is 16.3. The normalized spacial score (nSPS) is 26.9. The number of nitriles is 2. The van der Waals surface area contributed by atoms with Gasteiger partial charge in [-0.3, -0.25) is 14.7 Å². The van der Waals surface area contributed by atoms with Crippen LogP contribution in [0.15, 0.2) is 59.3 Å². The van der Waals surface area contributed by atoms with Crippen LogP contribution in [0.4, 0.5) is 4.39 Å². The van der Waals surface area contributed by atoms with Crippen molar-refractivity contribution >= 4 is 17.4 Å². The van der Waals surface area contributed by atoms with E-state index in [-0.39, 0.29) is 23.7 Å². The number of ether oxygens (including phenoxy) is 1.